The highest BCUT2D eigenvalue weighted by Gasteiger charge is 2.22. The highest BCUT2D eigenvalue weighted by molar-refractivity contribution is 5.47. The zero-order valence-electron chi connectivity index (χ0n) is 11.1. The summed E-state index contributed by atoms with van der Waals surface area (Å²) < 4.78 is 0. The van der Waals surface area contributed by atoms with E-state index in [2.05, 4.69) is 41.2 Å². The van der Waals surface area contributed by atoms with E-state index >= 15 is 0 Å². The molecule has 2 unspecified atom stereocenters. The van der Waals surface area contributed by atoms with E-state index in [0.29, 0.717) is 0 Å². The van der Waals surface area contributed by atoms with Crippen LogP contribution in [0.4, 0.5) is 5.69 Å². The molecule has 0 bridgehead atoms. The van der Waals surface area contributed by atoms with E-state index in [1.54, 1.807) is 0 Å². The highest BCUT2D eigenvalue weighted by Crippen LogP contribution is 2.26. The van der Waals surface area contributed by atoms with Crippen LogP contribution in [0.2, 0.25) is 0 Å². The summed E-state index contributed by atoms with van der Waals surface area (Å²) in [5.74, 6) is 1.63. The number of aromatic nitrogens is 1. The van der Waals surface area contributed by atoms with E-state index in [0.717, 1.165) is 24.1 Å². The number of hydrogen-bond acceptors (Lipinski definition) is 3. The van der Waals surface area contributed by atoms with Gasteiger partial charge in [0.1, 0.15) is 0 Å². The fourth-order valence-electron chi connectivity index (χ4n) is 2.44. The summed E-state index contributed by atoms with van der Waals surface area (Å²) in [5, 5.41) is 3.15. The van der Waals surface area contributed by atoms with Crippen molar-refractivity contribution >= 4 is 5.69 Å². The molecule has 94 valence electrons. The Morgan fingerprint density at radius 2 is 2.24 bits per heavy atom. The van der Waals surface area contributed by atoms with Crippen LogP contribution in [-0.2, 0) is 6.54 Å². The lowest BCUT2D eigenvalue weighted by atomic mass is 9.88. The Balaban J connectivity index is 2.09. The molecule has 1 aliphatic heterocycles. The van der Waals surface area contributed by atoms with E-state index in [4.69, 9.17) is 0 Å². The molecule has 1 aromatic heterocycles. The maximum Gasteiger partial charge on any atom is 0.0562 e. The van der Waals surface area contributed by atoms with Gasteiger partial charge in [-0.25, -0.2) is 0 Å². The number of anilines is 1. The minimum Gasteiger partial charge on any atom is -0.371 e. The molecule has 2 rings (SSSR count). The van der Waals surface area contributed by atoms with Crippen LogP contribution in [0.15, 0.2) is 18.3 Å². The topological polar surface area (TPSA) is 28.2 Å². The van der Waals surface area contributed by atoms with Crippen molar-refractivity contribution < 1.29 is 0 Å². The first-order valence-corrected chi connectivity index (χ1v) is 6.55. The standard InChI is InChI=1S/C14H23N3/c1-11-5-7-17(10-12(11)2)14-4-6-16-13(8-14)9-15-3/h4,6,8,11-12,15H,5,7,9-10H2,1-3H3. The van der Waals surface area contributed by atoms with Gasteiger partial charge in [0.05, 0.1) is 5.69 Å². The quantitative estimate of drug-likeness (QED) is 0.868. The van der Waals surface area contributed by atoms with E-state index < -0.39 is 0 Å². The lowest BCUT2D eigenvalue weighted by molar-refractivity contribution is 0.324. The lowest BCUT2D eigenvalue weighted by Crippen LogP contribution is -2.38. The van der Waals surface area contributed by atoms with Crippen molar-refractivity contribution in [3.05, 3.63) is 24.0 Å². The van der Waals surface area contributed by atoms with Crippen LogP contribution in [0.1, 0.15) is 26.0 Å². The Labute approximate surface area is 104 Å². The minimum atomic E-state index is 0.782. The molecule has 2 atom stereocenters. The molecule has 0 aliphatic carbocycles. The van der Waals surface area contributed by atoms with Crippen LogP contribution in [0.25, 0.3) is 0 Å². The SMILES string of the molecule is CNCc1cc(N2CCC(C)C(C)C2)ccn1. The number of rotatable bonds is 3. The van der Waals surface area contributed by atoms with Gasteiger partial charge in [-0.2, -0.15) is 0 Å². The summed E-state index contributed by atoms with van der Waals surface area (Å²) in [6, 6.07) is 4.33. The third-order valence-corrected chi connectivity index (χ3v) is 3.86. The average Bonchev–Trinajstić information content (AvgIpc) is 2.33. The zero-order valence-corrected chi connectivity index (χ0v) is 11.1. The Bertz CT molecular complexity index is 364. The van der Waals surface area contributed by atoms with Crippen molar-refractivity contribution in [1.29, 1.82) is 0 Å². The normalized spacial score (nSPS) is 25.0. The minimum absolute atomic E-state index is 0.782. The van der Waals surface area contributed by atoms with Crippen LogP contribution >= 0.6 is 0 Å². The Morgan fingerprint density at radius 3 is 2.94 bits per heavy atom. The molecule has 0 spiro atoms. The molecule has 0 amide bonds. The molecule has 1 aliphatic rings. The van der Waals surface area contributed by atoms with Crippen LogP contribution < -0.4 is 10.2 Å². The smallest absolute Gasteiger partial charge is 0.0562 e. The van der Waals surface area contributed by atoms with E-state index in [1.807, 2.05) is 13.2 Å². The first-order chi connectivity index (χ1) is 8.20. The molecule has 1 aromatic rings. The number of pyridine rings is 1. The summed E-state index contributed by atoms with van der Waals surface area (Å²) in [5.41, 5.74) is 2.44. The first-order valence-electron chi connectivity index (χ1n) is 6.55. The van der Waals surface area contributed by atoms with Crippen LogP contribution in [-0.4, -0.2) is 25.1 Å². The predicted octanol–water partition coefficient (Wildman–Crippen LogP) is 2.28. The molecule has 1 fully saturated rings. The van der Waals surface area contributed by atoms with Crippen molar-refractivity contribution in [3.63, 3.8) is 0 Å². The van der Waals surface area contributed by atoms with Crippen molar-refractivity contribution in [3.8, 4) is 0 Å². The highest BCUT2D eigenvalue weighted by atomic mass is 15.1. The molecule has 1 N–H and O–H groups in total. The third-order valence-electron chi connectivity index (χ3n) is 3.86. The number of hydrogen-bond donors (Lipinski definition) is 1. The Kier molecular flexibility index (Phi) is 4.00. The van der Waals surface area contributed by atoms with Crippen LogP contribution in [0.5, 0.6) is 0 Å². The van der Waals surface area contributed by atoms with Crippen molar-refractivity contribution in [1.82, 2.24) is 10.3 Å². The Morgan fingerprint density at radius 1 is 1.41 bits per heavy atom. The number of nitrogens with one attached hydrogen (secondary N) is 1. The van der Waals surface area contributed by atoms with Crippen molar-refractivity contribution in [2.75, 3.05) is 25.0 Å². The summed E-state index contributed by atoms with van der Waals surface area (Å²) in [7, 11) is 1.96. The zero-order chi connectivity index (χ0) is 12.3. The fraction of sp³-hybridized carbons (Fsp3) is 0.643. The van der Waals surface area contributed by atoms with Gasteiger partial charge in [0.25, 0.3) is 0 Å². The van der Waals surface area contributed by atoms with Crippen molar-refractivity contribution in [2.24, 2.45) is 11.8 Å². The van der Waals surface area contributed by atoms with Gasteiger partial charge in [-0.15, -0.1) is 0 Å². The second kappa shape index (κ2) is 5.50. The maximum absolute atomic E-state index is 4.37. The van der Waals surface area contributed by atoms with Crippen LogP contribution in [0.3, 0.4) is 0 Å². The summed E-state index contributed by atoms with van der Waals surface area (Å²) in [6.07, 6.45) is 3.22. The largest absolute Gasteiger partial charge is 0.371 e. The molecular weight excluding hydrogens is 210 g/mol. The molecule has 17 heavy (non-hydrogen) atoms. The van der Waals surface area contributed by atoms with Gasteiger partial charge in [-0.1, -0.05) is 13.8 Å². The van der Waals surface area contributed by atoms with E-state index in [-0.39, 0.29) is 0 Å². The molecule has 0 radical (unpaired) electrons. The molecule has 3 nitrogen and oxygen atoms in total. The van der Waals surface area contributed by atoms with E-state index in [9.17, 15) is 0 Å². The van der Waals surface area contributed by atoms with Gasteiger partial charge >= 0.3 is 0 Å². The second-order valence-corrected chi connectivity index (χ2v) is 5.22. The van der Waals surface area contributed by atoms with Gasteiger partial charge < -0.3 is 10.2 Å². The van der Waals surface area contributed by atoms with Crippen LogP contribution in [0, 0.1) is 11.8 Å². The summed E-state index contributed by atoms with van der Waals surface area (Å²) >= 11 is 0. The molecule has 2 heterocycles. The molecular formula is C14H23N3. The molecule has 0 aromatic carbocycles. The molecule has 0 saturated carbocycles. The van der Waals surface area contributed by atoms with Gasteiger partial charge in [-0.05, 0) is 37.4 Å². The lowest BCUT2D eigenvalue weighted by Gasteiger charge is -2.36. The van der Waals surface area contributed by atoms with Crippen molar-refractivity contribution in [2.45, 2.75) is 26.8 Å². The monoisotopic (exact) mass is 233 g/mol. The predicted molar refractivity (Wildman–Crippen MR) is 72.2 cm³/mol. The summed E-state index contributed by atoms with van der Waals surface area (Å²) in [6.45, 7) is 7.90. The van der Waals surface area contributed by atoms with Gasteiger partial charge in [-0.3, -0.25) is 4.98 Å². The van der Waals surface area contributed by atoms with Gasteiger partial charge in [0.2, 0.25) is 0 Å². The number of nitrogens with zero attached hydrogens (tertiary/aromatic N) is 2. The van der Waals surface area contributed by atoms with E-state index in [1.165, 1.54) is 25.2 Å². The second-order valence-electron chi connectivity index (χ2n) is 5.22. The fourth-order valence-corrected chi connectivity index (χ4v) is 2.44. The van der Waals surface area contributed by atoms with Gasteiger partial charge in [0, 0.05) is 31.5 Å². The molecule has 1 saturated heterocycles. The van der Waals surface area contributed by atoms with Gasteiger partial charge in [0.15, 0.2) is 0 Å². The molecule has 3 heteroatoms. The first kappa shape index (κ1) is 12.4. The average molecular weight is 233 g/mol. The Hall–Kier alpha value is -1.09. The maximum atomic E-state index is 4.37. The third kappa shape index (κ3) is 2.97. The summed E-state index contributed by atoms with van der Waals surface area (Å²) in [4.78, 5) is 6.86. The number of piperidine rings is 1.